The van der Waals surface area contributed by atoms with E-state index in [1.807, 2.05) is 12.1 Å². The van der Waals surface area contributed by atoms with Gasteiger partial charge in [-0.05, 0) is 42.3 Å². The van der Waals surface area contributed by atoms with E-state index in [1.165, 1.54) is 0 Å². The van der Waals surface area contributed by atoms with E-state index in [0.29, 0.717) is 39.4 Å². The van der Waals surface area contributed by atoms with Crippen molar-refractivity contribution in [2.24, 2.45) is 0 Å². The zero-order chi connectivity index (χ0) is 17.1. The van der Waals surface area contributed by atoms with Gasteiger partial charge in [0, 0.05) is 18.9 Å². The fourth-order valence-corrected chi connectivity index (χ4v) is 2.65. The lowest BCUT2D eigenvalue weighted by Gasteiger charge is -2.10. The normalized spacial score (nSPS) is 10.6. The third-order valence-corrected chi connectivity index (χ3v) is 4.26. The number of rotatable bonds is 4. The van der Waals surface area contributed by atoms with E-state index in [9.17, 15) is 4.79 Å². The molecule has 0 saturated heterocycles. The number of hydrogen-bond donors (Lipinski definition) is 2. The van der Waals surface area contributed by atoms with Crippen LogP contribution in [0.15, 0.2) is 47.5 Å². The van der Waals surface area contributed by atoms with Gasteiger partial charge in [-0.1, -0.05) is 29.3 Å². The Hall–Kier alpha value is -2.37. The second-order valence-electron chi connectivity index (χ2n) is 5.21. The van der Waals surface area contributed by atoms with Gasteiger partial charge in [0.25, 0.3) is 5.56 Å². The average molecular weight is 361 g/mol. The molecule has 0 aliphatic carbocycles. The van der Waals surface area contributed by atoms with Gasteiger partial charge >= 0.3 is 0 Å². The first kappa shape index (κ1) is 16.5. The Balaban J connectivity index is 1.88. The minimum atomic E-state index is -0.238. The van der Waals surface area contributed by atoms with E-state index < -0.39 is 0 Å². The number of H-pyrrole nitrogens is 1. The smallest absolute Gasteiger partial charge is 0.260 e. The number of halogens is 2. The lowest BCUT2D eigenvalue weighted by atomic mass is 10.1. The van der Waals surface area contributed by atoms with Crippen LogP contribution >= 0.6 is 23.2 Å². The molecule has 0 fully saturated rings. The van der Waals surface area contributed by atoms with Crippen LogP contribution in [0.4, 0.5) is 5.95 Å². The van der Waals surface area contributed by atoms with Crippen molar-refractivity contribution in [3.05, 3.63) is 74.4 Å². The molecule has 0 aliphatic heterocycles. The highest BCUT2D eigenvalue weighted by Crippen LogP contribution is 2.28. The van der Waals surface area contributed by atoms with Crippen molar-refractivity contribution in [3.63, 3.8) is 0 Å². The number of hydrogen-bond acceptors (Lipinski definition) is 4. The maximum absolute atomic E-state index is 12.4. The molecular formula is C17H14Cl2N4O. The Morgan fingerprint density at radius 1 is 1.12 bits per heavy atom. The molecular weight excluding hydrogens is 347 g/mol. The highest BCUT2D eigenvalue weighted by atomic mass is 35.5. The average Bonchev–Trinajstić information content (AvgIpc) is 2.56. The first-order chi connectivity index (χ1) is 11.5. The number of aromatic amines is 1. The van der Waals surface area contributed by atoms with E-state index in [0.717, 1.165) is 5.56 Å². The molecule has 5 nitrogen and oxygen atoms in total. The van der Waals surface area contributed by atoms with Crippen LogP contribution in [0.3, 0.4) is 0 Å². The molecule has 0 spiro atoms. The lowest BCUT2D eigenvalue weighted by Crippen LogP contribution is -2.16. The fourth-order valence-electron chi connectivity index (χ4n) is 2.35. The summed E-state index contributed by atoms with van der Waals surface area (Å²) >= 11 is 12.0. The monoisotopic (exact) mass is 360 g/mol. The number of aryl methyl sites for hydroxylation is 1. The summed E-state index contributed by atoms with van der Waals surface area (Å²) in [4.78, 5) is 23.6. The Kier molecular flexibility index (Phi) is 4.83. The van der Waals surface area contributed by atoms with Crippen LogP contribution in [0.2, 0.25) is 10.0 Å². The van der Waals surface area contributed by atoms with Crippen molar-refractivity contribution in [1.29, 1.82) is 0 Å². The van der Waals surface area contributed by atoms with Gasteiger partial charge in [-0.3, -0.25) is 14.8 Å². The SMILES string of the molecule is Cc1nc(NCc2ccncc2)[nH]c(=O)c1-c1ccc(Cl)c(Cl)c1. The minimum Gasteiger partial charge on any atom is -0.352 e. The molecule has 2 N–H and O–H groups in total. The van der Waals surface area contributed by atoms with Crippen molar-refractivity contribution in [2.75, 3.05) is 5.32 Å². The molecule has 0 bridgehead atoms. The van der Waals surface area contributed by atoms with Crippen LogP contribution in [0, 0.1) is 6.92 Å². The van der Waals surface area contributed by atoms with Crippen LogP contribution in [0.25, 0.3) is 11.1 Å². The zero-order valence-corrected chi connectivity index (χ0v) is 14.3. The number of aromatic nitrogens is 3. The molecule has 0 amide bonds. The zero-order valence-electron chi connectivity index (χ0n) is 12.8. The van der Waals surface area contributed by atoms with E-state index in [-0.39, 0.29) is 5.56 Å². The fraction of sp³-hybridized carbons (Fsp3) is 0.118. The standard InChI is InChI=1S/C17H14Cl2N4O/c1-10-15(12-2-3-13(18)14(19)8-12)16(24)23-17(22-10)21-9-11-4-6-20-7-5-11/h2-8H,9H2,1H3,(H2,21,22,23,24). The number of pyridine rings is 1. The predicted octanol–water partition coefficient (Wildman–Crippen LogP) is 4.06. The number of anilines is 1. The molecule has 0 radical (unpaired) electrons. The van der Waals surface area contributed by atoms with Crippen molar-refractivity contribution < 1.29 is 0 Å². The predicted molar refractivity (Wildman–Crippen MR) is 96.6 cm³/mol. The second kappa shape index (κ2) is 7.03. The van der Waals surface area contributed by atoms with Gasteiger partial charge in [0.15, 0.2) is 0 Å². The topological polar surface area (TPSA) is 70.7 Å². The van der Waals surface area contributed by atoms with E-state index >= 15 is 0 Å². The Labute approximate surface area is 148 Å². The Morgan fingerprint density at radius 2 is 1.88 bits per heavy atom. The molecule has 122 valence electrons. The summed E-state index contributed by atoms with van der Waals surface area (Å²) < 4.78 is 0. The van der Waals surface area contributed by atoms with Crippen molar-refractivity contribution >= 4 is 29.2 Å². The van der Waals surface area contributed by atoms with Gasteiger partial charge in [-0.2, -0.15) is 0 Å². The lowest BCUT2D eigenvalue weighted by molar-refractivity contribution is 1.01. The van der Waals surface area contributed by atoms with Crippen LogP contribution < -0.4 is 10.9 Å². The highest BCUT2D eigenvalue weighted by molar-refractivity contribution is 6.42. The molecule has 3 aromatic rings. The summed E-state index contributed by atoms with van der Waals surface area (Å²) in [5.74, 6) is 0.415. The van der Waals surface area contributed by atoms with E-state index in [1.54, 1.807) is 37.5 Å². The minimum absolute atomic E-state index is 0.238. The summed E-state index contributed by atoms with van der Waals surface area (Å²) in [6, 6.07) is 8.85. The van der Waals surface area contributed by atoms with E-state index in [4.69, 9.17) is 23.2 Å². The van der Waals surface area contributed by atoms with Gasteiger partial charge in [-0.25, -0.2) is 4.98 Å². The maximum atomic E-state index is 12.4. The third kappa shape index (κ3) is 3.58. The summed E-state index contributed by atoms with van der Waals surface area (Å²) in [6.07, 6.45) is 3.43. The van der Waals surface area contributed by atoms with Gasteiger partial charge in [-0.15, -0.1) is 0 Å². The highest BCUT2D eigenvalue weighted by Gasteiger charge is 2.12. The molecule has 2 heterocycles. The molecule has 1 aromatic carbocycles. The third-order valence-electron chi connectivity index (χ3n) is 3.52. The summed E-state index contributed by atoms with van der Waals surface area (Å²) in [7, 11) is 0. The van der Waals surface area contributed by atoms with Crippen LogP contribution in [0.5, 0.6) is 0 Å². The Bertz CT molecular complexity index is 926. The van der Waals surface area contributed by atoms with Crippen molar-refractivity contribution in [2.45, 2.75) is 13.5 Å². The van der Waals surface area contributed by atoms with Crippen LogP contribution in [-0.2, 0) is 6.54 Å². The molecule has 2 aromatic heterocycles. The van der Waals surface area contributed by atoms with Gasteiger partial charge in [0.1, 0.15) is 0 Å². The number of benzene rings is 1. The van der Waals surface area contributed by atoms with Crippen LogP contribution in [-0.4, -0.2) is 15.0 Å². The van der Waals surface area contributed by atoms with E-state index in [2.05, 4.69) is 20.3 Å². The summed E-state index contributed by atoms with van der Waals surface area (Å²) in [6.45, 7) is 2.32. The molecule has 7 heteroatoms. The molecule has 0 saturated carbocycles. The summed E-state index contributed by atoms with van der Waals surface area (Å²) in [5, 5.41) is 3.94. The maximum Gasteiger partial charge on any atom is 0.260 e. The molecule has 24 heavy (non-hydrogen) atoms. The first-order valence-corrected chi connectivity index (χ1v) is 7.99. The van der Waals surface area contributed by atoms with Gasteiger partial charge in [0.2, 0.25) is 5.95 Å². The van der Waals surface area contributed by atoms with Gasteiger partial charge < -0.3 is 5.32 Å². The molecule has 0 aliphatic rings. The van der Waals surface area contributed by atoms with Crippen molar-refractivity contribution in [1.82, 2.24) is 15.0 Å². The molecule has 3 rings (SSSR count). The second-order valence-corrected chi connectivity index (χ2v) is 6.03. The largest absolute Gasteiger partial charge is 0.352 e. The van der Waals surface area contributed by atoms with Gasteiger partial charge in [0.05, 0.1) is 21.3 Å². The molecule has 0 atom stereocenters. The number of nitrogens with one attached hydrogen (secondary N) is 2. The Morgan fingerprint density at radius 3 is 2.54 bits per heavy atom. The molecule has 0 unspecified atom stereocenters. The quantitative estimate of drug-likeness (QED) is 0.735. The number of nitrogens with zero attached hydrogens (tertiary/aromatic N) is 2. The first-order valence-electron chi connectivity index (χ1n) is 7.23. The summed E-state index contributed by atoms with van der Waals surface area (Å²) in [5.41, 5.74) is 2.56. The van der Waals surface area contributed by atoms with Crippen LogP contribution in [0.1, 0.15) is 11.3 Å². The van der Waals surface area contributed by atoms with Crippen molar-refractivity contribution in [3.8, 4) is 11.1 Å².